The van der Waals surface area contributed by atoms with Gasteiger partial charge in [0.1, 0.15) is 6.04 Å². The fourth-order valence-electron chi connectivity index (χ4n) is 2.12. The summed E-state index contributed by atoms with van der Waals surface area (Å²) in [6, 6.07) is -1.17. The first-order chi connectivity index (χ1) is 9.45. The van der Waals surface area contributed by atoms with E-state index in [0.29, 0.717) is 18.3 Å². The molecule has 0 aromatic rings. The lowest BCUT2D eigenvalue weighted by molar-refractivity contribution is -0.147. The Morgan fingerprint density at radius 2 is 2.15 bits per heavy atom. The van der Waals surface area contributed by atoms with Crippen LogP contribution in [0.2, 0.25) is 0 Å². The Kier molecular flexibility index (Phi) is 7.37. The van der Waals surface area contributed by atoms with E-state index in [2.05, 4.69) is 5.32 Å². The van der Waals surface area contributed by atoms with Crippen LogP contribution in [0.3, 0.4) is 0 Å². The molecule has 3 N–H and O–H groups in total. The molecule has 1 rings (SSSR count). The molecule has 0 spiro atoms. The molecular formula is C14H26N2O3S. The third-order valence-electron chi connectivity index (χ3n) is 3.43. The Bertz CT molecular complexity index is 330. The zero-order valence-corrected chi connectivity index (χ0v) is 13.4. The molecule has 6 heteroatoms. The summed E-state index contributed by atoms with van der Waals surface area (Å²) in [5.74, 6) is 0.531. The van der Waals surface area contributed by atoms with Gasteiger partial charge in [-0.1, -0.05) is 13.8 Å². The van der Waals surface area contributed by atoms with Crippen molar-refractivity contribution in [3.05, 3.63) is 0 Å². The number of ether oxygens (including phenoxy) is 1. The number of nitrogens with two attached hydrogens (primary N) is 1. The van der Waals surface area contributed by atoms with E-state index in [1.165, 1.54) is 6.42 Å². The molecule has 20 heavy (non-hydrogen) atoms. The largest absolute Gasteiger partial charge is 0.464 e. The maximum absolute atomic E-state index is 12.0. The molecule has 0 aromatic heterocycles. The summed E-state index contributed by atoms with van der Waals surface area (Å²) in [5.41, 5.74) is 5.82. The van der Waals surface area contributed by atoms with Crippen molar-refractivity contribution in [2.75, 3.05) is 12.4 Å². The maximum Gasteiger partial charge on any atom is 0.328 e. The van der Waals surface area contributed by atoms with Crippen molar-refractivity contribution in [2.45, 2.75) is 57.4 Å². The van der Waals surface area contributed by atoms with E-state index in [1.54, 1.807) is 6.92 Å². The SMILES string of the molecule is CCOC(=O)C(CC1CCCS1)NC(=O)C(N)C(C)C. The molecule has 1 fully saturated rings. The van der Waals surface area contributed by atoms with E-state index >= 15 is 0 Å². The Balaban J connectivity index is 2.61. The molecule has 0 aliphatic carbocycles. The van der Waals surface area contributed by atoms with Gasteiger partial charge in [-0.3, -0.25) is 4.79 Å². The number of thioether (sulfide) groups is 1. The molecule has 0 saturated carbocycles. The maximum atomic E-state index is 12.0. The second-order valence-corrected chi connectivity index (χ2v) is 6.86. The van der Waals surface area contributed by atoms with Crippen LogP contribution in [-0.4, -0.2) is 41.6 Å². The first-order valence-electron chi connectivity index (χ1n) is 7.29. The van der Waals surface area contributed by atoms with E-state index in [4.69, 9.17) is 10.5 Å². The van der Waals surface area contributed by atoms with Gasteiger partial charge in [0.05, 0.1) is 12.6 Å². The first kappa shape index (κ1) is 17.3. The summed E-state index contributed by atoms with van der Waals surface area (Å²) in [6.07, 6.45) is 2.89. The van der Waals surface area contributed by atoms with Crippen LogP contribution >= 0.6 is 11.8 Å². The van der Waals surface area contributed by atoms with Crippen molar-refractivity contribution in [2.24, 2.45) is 11.7 Å². The molecule has 3 atom stereocenters. The summed E-state index contributed by atoms with van der Waals surface area (Å²) in [5, 5.41) is 3.17. The number of esters is 1. The van der Waals surface area contributed by atoms with Gasteiger partial charge in [0, 0.05) is 5.25 Å². The molecular weight excluding hydrogens is 276 g/mol. The predicted octanol–water partition coefficient (Wildman–Crippen LogP) is 1.30. The highest BCUT2D eigenvalue weighted by Crippen LogP contribution is 2.29. The molecule has 0 bridgehead atoms. The molecule has 116 valence electrons. The zero-order valence-electron chi connectivity index (χ0n) is 12.6. The quantitative estimate of drug-likeness (QED) is 0.693. The van der Waals surface area contributed by atoms with Gasteiger partial charge in [0.15, 0.2) is 0 Å². The summed E-state index contributed by atoms with van der Waals surface area (Å²) in [6.45, 7) is 5.85. The van der Waals surface area contributed by atoms with Gasteiger partial charge in [-0.05, 0) is 37.9 Å². The van der Waals surface area contributed by atoms with E-state index in [-0.39, 0.29) is 17.8 Å². The number of hydrogen-bond donors (Lipinski definition) is 2. The van der Waals surface area contributed by atoms with Crippen molar-refractivity contribution in [1.82, 2.24) is 5.32 Å². The first-order valence-corrected chi connectivity index (χ1v) is 8.34. The fourth-order valence-corrected chi connectivity index (χ4v) is 3.45. The van der Waals surface area contributed by atoms with Gasteiger partial charge in [0.2, 0.25) is 5.91 Å². The molecule has 1 amide bonds. The normalized spacial score (nSPS) is 21.6. The van der Waals surface area contributed by atoms with Crippen LogP contribution < -0.4 is 11.1 Å². The number of hydrogen-bond acceptors (Lipinski definition) is 5. The van der Waals surface area contributed by atoms with Crippen molar-refractivity contribution in [3.8, 4) is 0 Å². The highest BCUT2D eigenvalue weighted by atomic mass is 32.2. The average molecular weight is 302 g/mol. The van der Waals surface area contributed by atoms with Gasteiger partial charge in [0.25, 0.3) is 0 Å². The van der Waals surface area contributed by atoms with E-state index < -0.39 is 12.1 Å². The summed E-state index contributed by atoms with van der Waals surface area (Å²) >= 11 is 1.86. The number of amides is 1. The van der Waals surface area contributed by atoms with Crippen LogP contribution in [0.4, 0.5) is 0 Å². The topological polar surface area (TPSA) is 81.4 Å². The Morgan fingerprint density at radius 3 is 2.65 bits per heavy atom. The van der Waals surface area contributed by atoms with Crippen LogP contribution in [0.5, 0.6) is 0 Å². The van der Waals surface area contributed by atoms with Crippen molar-refractivity contribution in [3.63, 3.8) is 0 Å². The monoisotopic (exact) mass is 302 g/mol. The van der Waals surface area contributed by atoms with Gasteiger partial charge in [-0.25, -0.2) is 4.79 Å². The lowest BCUT2D eigenvalue weighted by Gasteiger charge is -2.23. The second kappa shape index (κ2) is 8.52. The molecule has 0 radical (unpaired) electrons. The summed E-state index contributed by atoms with van der Waals surface area (Å²) in [4.78, 5) is 24.0. The van der Waals surface area contributed by atoms with Crippen molar-refractivity contribution < 1.29 is 14.3 Å². The lowest BCUT2D eigenvalue weighted by atomic mass is 10.0. The molecule has 0 aromatic carbocycles. The van der Waals surface area contributed by atoms with E-state index in [0.717, 1.165) is 12.2 Å². The third-order valence-corrected chi connectivity index (χ3v) is 4.86. The van der Waals surface area contributed by atoms with Crippen LogP contribution in [0.25, 0.3) is 0 Å². The molecule has 3 unspecified atom stereocenters. The van der Waals surface area contributed by atoms with Gasteiger partial charge in [-0.2, -0.15) is 11.8 Å². The van der Waals surface area contributed by atoms with E-state index in [1.807, 2.05) is 25.6 Å². The Hall–Kier alpha value is -0.750. The Morgan fingerprint density at radius 1 is 1.45 bits per heavy atom. The Labute approximate surface area is 125 Å². The number of carbonyl (C=O) groups is 2. The van der Waals surface area contributed by atoms with Crippen LogP contribution in [-0.2, 0) is 14.3 Å². The minimum atomic E-state index is -0.594. The number of rotatable bonds is 7. The summed E-state index contributed by atoms with van der Waals surface area (Å²) in [7, 11) is 0. The number of nitrogens with one attached hydrogen (secondary N) is 1. The molecule has 1 saturated heterocycles. The molecule has 1 aliphatic rings. The van der Waals surface area contributed by atoms with Crippen LogP contribution in [0, 0.1) is 5.92 Å². The smallest absolute Gasteiger partial charge is 0.328 e. The minimum Gasteiger partial charge on any atom is -0.464 e. The van der Waals surface area contributed by atoms with Crippen LogP contribution in [0.15, 0.2) is 0 Å². The predicted molar refractivity (Wildman–Crippen MR) is 81.5 cm³/mol. The molecule has 5 nitrogen and oxygen atoms in total. The fraction of sp³-hybridized carbons (Fsp3) is 0.857. The van der Waals surface area contributed by atoms with Crippen molar-refractivity contribution >= 4 is 23.6 Å². The van der Waals surface area contributed by atoms with Crippen LogP contribution in [0.1, 0.15) is 40.0 Å². The van der Waals surface area contributed by atoms with Gasteiger partial charge in [-0.15, -0.1) is 0 Å². The molecule has 1 aliphatic heterocycles. The average Bonchev–Trinajstić information content (AvgIpc) is 2.90. The standard InChI is InChI=1S/C14H26N2O3S/c1-4-19-14(18)11(8-10-6-5-7-20-10)16-13(17)12(15)9(2)3/h9-12H,4-8,15H2,1-3H3,(H,16,17). The highest BCUT2D eigenvalue weighted by molar-refractivity contribution is 8.00. The second-order valence-electron chi connectivity index (χ2n) is 5.45. The van der Waals surface area contributed by atoms with E-state index in [9.17, 15) is 9.59 Å². The molecule has 1 heterocycles. The minimum absolute atomic E-state index is 0.0405. The van der Waals surface area contributed by atoms with Gasteiger partial charge < -0.3 is 15.8 Å². The lowest BCUT2D eigenvalue weighted by Crippen LogP contribution is -2.51. The summed E-state index contributed by atoms with van der Waals surface area (Å²) < 4.78 is 5.05. The van der Waals surface area contributed by atoms with Gasteiger partial charge >= 0.3 is 5.97 Å². The third kappa shape index (κ3) is 5.32. The highest BCUT2D eigenvalue weighted by Gasteiger charge is 2.29. The van der Waals surface area contributed by atoms with Crippen molar-refractivity contribution in [1.29, 1.82) is 0 Å². The number of carbonyl (C=O) groups excluding carboxylic acids is 2. The zero-order chi connectivity index (χ0) is 15.1.